The fraction of sp³-hybridized carbons (Fsp3) is 0.364. The summed E-state index contributed by atoms with van der Waals surface area (Å²) in [6, 6.07) is 7.57. The molecule has 2 nitrogen and oxygen atoms in total. The highest BCUT2D eigenvalue weighted by Gasteiger charge is 2.01. The number of hydrogen-bond acceptors (Lipinski definition) is 3. The van der Waals surface area contributed by atoms with Gasteiger partial charge in [0.15, 0.2) is 5.12 Å². The number of carbonyl (C=O) groups is 1. The second kappa shape index (κ2) is 5.05. The van der Waals surface area contributed by atoms with Crippen LogP contribution in [0.3, 0.4) is 0 Å². The fourth-order valence-corrected chi connectivity index (χ4v) is 1.70. The van der Waals surface area contributed by atoms with Gasteiger partial charge in [0.1, 0.15) is 5.75 Å². The number of hydrogen-bond donors (Lipinski definition) is 0. The molecule has 0 N–H and O–H groups in total. The zero-order chi connectivity index (χ0) is 10.6. The first-order valence-corrected chi connectivity index (χ1v) is 5.34. The Bertz CT molecular complexity index is 321. The lowest BCUT2D eigenvalue weighted by atomic mass is 10.3. The van der Waals surface area contributed by atoms with Gasteiger partial charge in [0.05, 0.1) is 6.10 Å². The summed E-state index contributed by atoms with van der Waals surface area (Å²) in [6.07, 6.45) is 0.160. The van der Waals surface area contributed by atoms with E-state index in [0.29, 0.717) is 0 Å². The molecule has 0 fully saturated rings. The lowest BCUT2D eigenvalue weighted by Crippen LogP contribution is -2.05. The van der Waals surface area contributed by atoms with Gasteiger partial charge >= 0.3 is 0 Å². The predicted molar refractivity (Wildman–Crippen MR) is 58.7 cm³/mol. The molecular weight excluding hydrogens is 196 g/mol. The molecule has 0 saturated heterocycles. The predicted octanol–water partition coefficient (Wildman–Crippen LogP) is 3.11. The first-order chi connectivity index (χ1) is 6.58. The molecule has 3 heteroatoms. The summed E-state index contributed by atoms with van der Waals surface area (Å²) >= 11 is 1.22. The lowest BCUT2D eigenvalue weighted by molar-refractivity contribution is -0.109. The normalized spacial score (nSPS) is 10.3. The van der Waals surface area contributed by atoms with Crippen LogP contribution >= 0.6 is 11.8 Å². The van der Waals surface area contributed by atoms with Crippen molar-refractivity contribution in [1.82, 2.24) is 0 Å². The first-order valence-electron chi connectivity index (χ1n) is 4.53. The molecule has 14 heavy (non-hydrogen) atoms. The summed E-state index contributed by atoms with van der Waals surface area (Å²) in [5, 5.41) is 0.0895. The molecule has 0 bridgehead atoms. The Morgan fingerprint density at radius 1 is 1.43 bits per heavy atom. The van der Waals surface area contributed by atoms with Crippen molar-refractivity contribution in [1.29, 1.82) is 0 Å². The van der Waals surface area contributed by atoms with Crippen molar-refractivity contribution >= 4 is 16.9 Å². The molecule has 0 aliphatic carbocycles. The SMILES string of the molecule is CC(=O)Sc1cccc(OC(C)C)c1. The molecule has 0 heterocycles. The highest BCUT2D eigenvalue weighted by molar-refractivity contribution is 8.13. The van der Waals surface area contributed by atoms with Crippen LogP contribution in [-0.4, -0.2) is 11.2 Å². The van der Waals surface area contributed by atoms with Crippen molar-refractivity contribution in [2.24, 2.45) is 0 Å². The van der Waals surface area contributed by atoms with E-state index in [2.05, 4.69) is 0 Å². The molecule has 1 rings (SSSR count). The molecular formula is C11H14O2S. The Morgan fingerprint density at radius 3 is 2.71 bits per heavy atom. The molecule has 0 unspecified atom stereocenters. The molecule has 0 aliphatic heterocycles. The summed E-state index contributed by atoms with van der Waals surface area (Å²) in [6.45, 7) is 5.51. The van der Waals surface area contributed by atoms with E-state index in [1.807, 2.05) is 38.1 Å². The molecule has 0 saturated carbocycles. The molecule has 76 valence electrons. The van der Waals surface area contributed by atoms with Crippen LogP contribution < -0.4 is 4.74 Å². The summed E-state index contributed by atoms with van der Waals surface area (Å²) in [5.41, 5.74) is 0. The van der Waals surface area contributed by atoms with Crippen LogP contribution in [0.15, 0.2) is 29.2 Å². The largest absolute Gasteiger partial charge is 0.491 e. The van der Waals surface area contributed by atoms with Gasteiger partial charge in [-0.05, 0) is 32.0 Å². The van der Waals surface area contributed by atoms with Crippen LogP contribution in [0, 0.1) is 0 Å². The van der Waals surface area contributed by atoms with Gasteiger partial charge in [0, 0.05) is 11.8 Å². The van der Waals surface area contributed by atoms with Crippen LogP contribution in [0.4, 0.5) is 0 Å². The monoisotopic (exact) mass is 210 g/mol. The molecule has 0 amide bonds. The number of carbonyl (C=O) groups excluding carboxylic acids is 1. The Morgan fingerprint density at radius 2 is 2.14 bits per heavy atom. The third-order valence-corrected chi connectivity index (χ3v) is 2.22. The van der Waals surface area contributed by atoms with E-state index in [1.165, 1.54) is 11.8 Å². The van der Waals surface area contributed by atoms with Crippen molar-refractivity contribution in [3.05, 3.63) is 24.3 Å². The third-order valence-electron chi connectivity index (χ3n) is 1.44. The van der Waals surface area contributed by atoms with Gasteiger partial charge in [0.2, 0.25) is 0 Å². The van der Waals surface area contributed by atoms with Gasteiger partial charge in [-0.15, -0.1) is 0 Å². The van der Waals surface area contributed by atoms with E-state index in [4.69, 9.17) is 4.74 Å². The quantitative estimate of drug-likeness (QED) is 0.717. The maximum absolute atomic E-state index is 10.9. The van der Waals surface area contributed by atoms with Crippen molar-refractivity contribution in [2.75, 3.05) is 0 Å². The highest BCUT2D eigenvalue weighted by Crippen LogP contribution is 2.23. The van der Waals surface area contributed by atoms with E-state index in [1.54, 1.807) is 6.92 Å². The van der Waals surface area contributed by atoms with Crippen LogP contribution in [-0.2, 0) is 4.79 Å². The molecule has 1 aromatic carbocycles. The van der Waals surface area contributed by atoms with Gasteiger partial charge in [-0.2, -0.15) is 0 Å². The van der Waals surface area contributed by atoms with Gasteiger partial charge < -0.3 is 4.74 Å². The second-order valence-corrected chi connectivity index (χ2v) is 4.49. The Balaban J connectivity index is 2.73. The maximum Gasteiger partial charge on any atom is 0.190 e. The highest BCUT2D eigenvalue weighted by atomic mass is 32.2. The number of rotatable bonds is 3. The zero-order valence-corrected chi connectivity index (χ0v) is 9.43. The van der Waals surface area contributed by atoms with Gasteiger partial charge in [-0.25, -0.2) is 0 Å². The lowest BCUT2D eigenvalue weighted by Gasteiger charge is -2.09. The standard InChI is InChI=1S/C11H14O2S/c1-8(2)13-10-5-4-6-11(7-10)14-9(3)12/h4-8H,1-3H3. The van der Waals surface area contributed by atoms with Crippen LogP contribution in [0.5, 0.6) is 5.75 Å². The minimum Gasteiger partial charge on any atom is -0.491 e. The van der Waals surface area contributed by atoms with Gasteiger partial charge in [0.25, 0.3) is 0 Å². The average Bonchev–Trinajstić information content (AvgIpc) is 2.01. The molecule has 0 spiro atoms. The number of benzene rings is 1. The van der Waals surface area contributed by atoms with E-state index in [9.17, 15) is 4.79 Å². The van der Waals surface area contributed by atoms with Gasteiger partial charge in [-0.1, -0.05) is 17.8 Å². The number of ether oxygens (including phenoxy) is 1. The van der Waals surface area contributed by atoms with Crippen molar-refractivity contribution < 1.29 is 9.53 Å². The molecule has 0 aromatic heterocycles. The number of thioether (sulfide) groups is 1. The van der Waals surface area contributed by atoms with E-state index in [0.717, 1.165) is 10.6 Å². The minimum atomic E-state index is 0.0895. The van der Waals surface area contributed by atoms with Crippen LogP contribution in [0.1, 0.15) is 20.8 Å². The maximum atomic E-state index is 10.9. The van der Waals surface area contributed by atoms with Crippen molar-refractivity contribution in [3.8, 4) is 5.75 Å². The van der Waals surface area contributed by atoms with Crippen LogP contribution in [0.25, 0.3) is 0 Å². The smallest absolute Gasteiger partial charge is 0.190 e. The fourth-order valence-electron chi connectivity index (χ4n) is 1.05. The Labute approximate surface area is 88.7 Å². The molecule has 1 aromatic rings. The third kappa shape index (κ3) is 3.83. The zero-order valence-electron chi connectivity index (χ0n) is 8.61. The van der Waals surface area contributed by atoms with E-state index >= 15 is 0 Å². The first kappa shape index (κ1) is 11.1. The Kier molecular flexibility index (Phi) is 4.01. The Hall–Kier alpha value is -0.960. The topological polar surface area (TPSA) is 26.3 Å². The van der Waals surface area contributed by atoms with E-state index < -0.39 is 0 Å². The summed E-state index contributed by atoms with van der Waals surface area (Å²) in [5.74, 6) is 0.811. The van der Waals surface area contributed by atoms with Gasteiger partial charge in [-0.3, -0.25) is 4.79 Å². The van der Waals surface area contributed by atoms with Crippen molar-refractivity contribution in [3.63, 3.8) is 0 Å². The molecule has 0 aliphatic rings. The molecule has 0 atom stereocenters. The summed E-state index contributed by atoms with van der Waals surface area (Å²) < 4.78 is 5.51. The summed E-state index contributed by atoms with van der Waals surface area (Å²) in [7, 11) is 0. The summed E-state index contributed by atoms with van der Waals surface area (Å²) in [4.78, 5) is 11.8. The molecule has 0 radical (unpaired) electrons. The minimum absolute atomic E-state index is 0.0895. The van der Waals surface area contributed by atoms with Crippen LogP contribution in [0.2, 0.25) is 0 Å². The van der Waals surface area contributed by atoms with Crippen molar-refractivity contribution in [2.45, 2.75) is 31.8 Å². The second-order valence-electron chi connectivity index (χ2n) is 3.24. The van der Waals surface area contributed by atoms with E-state index in [-0.39, 0.29) is 11.2 Å². The average molecular weight is 210 g/mol.